The molecule has 1 unspecified atom stereocenters. The van der Waals surface area contributed by atoms with Crippen LogP contribution in [-0.2, 0) is 11.3 Å². The molecule has 1 aliphatic carbocycles. The van der Waals surface area contributed by atoms with Gasteiger partial charge >= 0.3 is 0 Å². The number of halogens is 1. The third-order valence-corrected chi connectivity index (χ3v) is 5.72. The van der Waals surface area contributed by atoms with Crippen molar-refractivity contribution in [2.75, 3.05) is 27.2 Å². The average Bonchev–Trinajstić information content (AvgIpc) is 3.43. The van der Waals surface area contributed by atoms with Crippen LogP contribution >= 0.6 is 24.0 Å². The minimum absolute atomic E-state index is 0. The van der Waals surface area contributed by atoms with Gasteiger partial charge in [-0.05, 0) is 44.2 Å². The van der Waals surface area contributed by atoms with Crippen LogP contribution in [0.2, 0.25) is 0 Å². The molecule has 7 nitrogen and oxygen atoms in total. The van der Waals surface area contributed by atoms with E-state index in [9.17, 15) is 4.79 Å². The molecule has 1 amide bonds. The lowest BCUT2D eigenvalue weighted by Crippen LogP contribution is -2.44. The van der Waals surface area contributed by atoms with Crippen LogP contribution in [0.5, 0.6) is 11.5 Å². The molecular formula is C22H35IN4O3. The number of carbonyl (C=O) groups is 1. The van der Waals surface area contributed by atoms with Crippen molar-refractivity contribution in [1.29, 1.82) is 0 Å². The van der Waals surface area contributed by atoms with Crippen molar-refractivity contribution < 1.29 is 14.3 Å². The second kappa shape index (κ2) is 12.2. The Morgan fingerprint density at radius 2 is 2.03 bits per heavy atom. The summed E-state index contributed by atoms with van der Waals surface area (Å²) in [6.45, 7) is 4.05. The van der Waals surface area contributed by atoms with E-state index in [0.717, 1.165) is 55.4 Å². The maximum atomic E-state index is 11.9. The predicted octanol–water partition coefficient (Wildman–Crippen LogP) is 3.31. The predicted molar refractivity (Wildman–Crippen MR) is 130 cm³/mol. The highest BCUT2D eigenvalue weighted by molar-refractivity contribution is 14.0. The Balaban J connectivity index is 0.00000320. The molecule has 1 atom stereocenters. The van der Waals surface area contributed by atoms with Gasteiger partial charge in [0, 0.05) is 50.8 Å². The normalized spacial score (nSPS) is 19.4. The van der Waals surface area contributed by atoms with Gasteiger partial charge in [0.25, 0.3) is 0 Å². The fraction of sp³-hybridized carbons (Fsp3) is 0.636. The molecule has 30 heavy (non-hydrogen) atoms. The largest absolute Gasteiger partial charge is 0.497 e. The monoisotopic (exact) mass is 530 g/mol. The minimum atomic E-state index is 0. The first-order valence-electron chi connectivity index (χ1n) is 10.7. The number of likely N-dealkylation sites (tertiary alicyclic amines) is 1. The number of nitrogens with zero attached hydrogens (tertiary/aromatic N) is 2. The third-order valence-electron chi connectivity index (χ3n) is 5.72. The van der Waals surface area contributed by atoms with Crippen LogP contribution in [0.1, 0.15) is 51.0 Å². The summed E-state index contributed by atoms with van der Waals surface area (Å²) in [5.41, 5.74) is 1.08. The summed E-state index contributed by atoms with van der Waals surface area (Å²) in [7, 11) is 3.44. The van der Waals surface area contributed by atoms with E-state index >= 15 is 0 Å². The lowest BCUT2D eigenvalue weighted by Gasteiger charge is -2.20. The van der Waals surface area contributed by atoms with E-state index in [-0.39, 0.29) is 35.9 Å². The fourth-order valence-corrected chi connectivity index (χ4v) is 4.00. The molecule has 0 radical (unpaired) electrons. The van der Waals surface area contributed by atoms with Crippen molar-refractivity contribution in [3.63, 3.8) is 0 Å². The number of nitrogens with one attached hydrogen (secondary N) is 2. The van der Waals surface area contributed by atoms with Gasteiger partial charge < -0.3 is 25.0 Å². The molecule has 0 spiro atoms. The highest BCUT2D eigenvalue weighted by Crippen LogP contribution is 2.30. The number of methoxy groups -OCH3 is 1. The van der Waals surface area contributed by atoms with Crippen LogP contribution in [0.4, 0.5) is 0 Å². The van der Waals surface area contributed by atoms with E-state index in [1.807, 2.05) is 30.0 Å². The average molecular weight is 530 g/mol. The van der Waals surface area contributed by atoms with Crippen molar-refractivity contribution >= 4 is 35.8 Å². The number of amides is 1. The first kappa shape index (κ1) is 24.6. The number of carbonyl (C=O) groups excluding carboxylic acids is 1. The van der Waals surface area contributed by atoms with E-state index in [2.05, 4.69) is 15.6 Å². The molecule has 168 valence electrons. The maximum absolute atomic E-state index is 11.9. The highest BCUT2D eigenvalue weighted by atomic mass is 127. The van der Waals surface area contributed by atoms with Crippen molar-refractivity contribution in [3.8, 4) is 11.5 Å². The fourth-order valence-electron chi connectivity index (χ4n) is 4.00. The van der Waals surface area contributed by atoms with Crippen LogP contribution in [0, 0.1) is 0 Å². The standard InChI is InChI=1S/C22H34N4O3.HI/c1-4-21(27)26-12-11-17(15-26)25-22(23-2)24-14-16-9-10-19(28-3)13-20(16)29-18-7-5-6-8-18;/h9-10,13,17-18H,4-8,11-12,14-15H2,1-3H3,(H2,23,24,25);1H. The van der Waals surface area contributed by atoms with Gasteiger partial charge in [-0.2, -0.15) is 0 Å². The Hall–Kier alpha value is -1.71. The maximum Gasteiger partial charge on any atom is 0.222 e. The quantitative estimate of drug-likeness (QED) is 0.322. The first-order chi connectivity index (χ1) is 14.1. The topological polar surface area (TPSA) is 75.2 Å². The summed E-state index contributed by atoms with van der Waals surface area (Å²) in [6, 6.07) is 6.19. The molecule has 1 saturated carbocycles. The molecule has 8 heteroatoms. The number of guanidine groups is 1. The van der Waals surface area contributed by atoms with Gasteiger partial charge in [-0.15, -0.1) is 24.0 Å². The zero-order valence-corrected chi connectivity index (χ0v) is 20.6. The van der Waals surface area contributed by atoms with Crippen LogP contribution in [0.25, 0.3) is 0 Å². The summed E-state index contributed by atoms with van der Waals surface area (Å²) in [4.78, 5) is 18.2. The zero-order chi connectivity index (χ0) is 20.6. The molecule has 1 saturated heterocycles. The molecule has 1 aromatic rings. The Morgan fingerprint density at radius 1 is 1.27 bits per heavy atom. The Kier molecular flexibility index (Phi) is 10.0. The van der Waals surface area contributed by atoms with E-state index in [0.29, 0.717) is 19.1 Å². The van der Waals surface area contributed by atoms with Crippen molar-refractivity contribution in [1.82, 2.24) is 15.5 Å². The Labute approximate surface area is 197 Å². The van der Waals surface area contributed by atoms with Gasteiger partial charge in [0.1, 0.15) is 11.5 Å². The molecule has 2 N–H and O–H groups in total. The lowest BCUT2D eigenvalue weighted by molar-refractivity contribution is -0.129. The van der Waals surface area contributed by atoms with Gasteiger partial charge in [0.05, 0.1) is 13.2 Å². The second-order valence-corrected chi connectivity index (χ2v) is 7.75. The summed E-state index contributed by atoms with van der Waals surface area (Å²) in [6.07, 6.45) is 6.48. The minimum Gasteiger partial charge on any atom is -0.497 e. The third kappa shape index (κ3) is 6.65. The molecule has 2 fully saturated rings. The zero-order valence-electron chi connectivity index (χ0n) is 18.3. The van der Waals surface area contributed by atoms with E-state index in [1.165, 1.54) is 12.8 Å². The van der Waals surface area contributed by atoms with Crippen LogP contribution in [0.15, 0.2) is 23.2 Å². The molecule has 2 aliphatic rings. The Bertz CT molecular complexity index is 722. The first-order valence-corrected chi connectivity index (χ1v) is 10.7. The SMILES string of the molecule is CCC(=O)N1CCC(NC(=NC)NCc2ccc(OC)cc2OC2CCCC2)C1.I. The van der Waals surface area contributed by atoms with Gasteiger partial charge in [-0.3, -0.25) is 9.79 Å². The summed E-state index contributed by atoms with van der Waals surface area (Å²) in [5.74, 6) is 2.63. The van der Waals surface area contributed by atoms with E-state index in [4.69, 9.17) is 9.47 Å². The molecule has 0 aromatic heterocycles. The van der Waals surface area contributed by atoms with Crippen LogP contribution in [0.3, 0.4) is 0 Å². The van der Waals surface area contributed by atoms with Crippen LogP contribution in [-0.4, -0.2) is 56.2 Å². The molecule has 0 bridgehead atoms. The van der Waals surface area contributed by atoms with Gasteiger partial charge in [-0.1, -0.05) is 6.92 Å². The smallest absolute Gasteiger partial charge is 0.222 e. The number of hydrogen-bond donors (Lipinski definition) is 2. The molecule has 3 rings (SSSR count). The van der Waals surface area contributed by atoms with Gasteiger partial charge in [-0.25, -0.2) is 0 Å². The van der Waals surface area contributed by atoms with Crippen molar-refractivity contribution in [2.24, 2.45) is 4.99 Å². The van der Waals surface area contributed by atoms with Crippen LogP contribution < -0.4 is 20.1 Å². The number of aliphatic imine (C=N–C) groups is 1. The number of rotatable bonds is 7. The van der Waals surface area contributed by atoms with Crippen molar-refractivity contribution in [3.05, 3.63) is 23.8 Å². The molecular weight excluding hydrogens is 495 g/mol. The molecule has 1 aromatic carbocycles. The number of hydrogen-bond acceptors (Lipinski definition) is 4. The van der Waals surface area contributed by atoms with Gasteiger partial charge in [0.15, 0.2) is 5.96 Å². The number of benzene rings is 1. The Morgan fingerprint density at radius 3 is 2.70 bits per heavy atom. The highest BCUT2D eigenvalue weighted by Gasteiger charge is 2.26. The summed E-state index contributed by atoms with van der Waals surface area (Å²) in [5, 5.41) is 6.83. The summed E-state index contributed by atoms with van der Waals surface area (Å²) >= 11 is 0. The van der Waals surface area contributed by atoms with Gasteiger partial charge in [0.2, 0.25) is 5.91 Å². The lowest BCUT2D eigenvalue weighted by atomic mass is 10.1. The summed E-state index contributed by atoms with van der Waals surface area (Å²) < 4.78 is 11.7. The van der Waals surface area contributed by atoms with E-state index < -0.39 is 0 Å². The second-order valence-electron chi connectivity index (χ2n) is 7.75. The molecule has 1 aliphatic heterocycles. The molecule has 1 heterocycles. The van der Waals surface area contributed by atoms with E-state index in [1.54, 1.807) is 14.2 Å². The van der Waals surface area contributed by atoms with Crippen molar-refractivity contribution in [2.45, 2.75) is 64.1 Å². The number of ether oxygens (including phenoxy) is 2.